The minimum atomic E-state index is -0.147. The van der Waals surface area contributed by atoms with Crippen LogP contribution in [0.3, 0.4) is 0 Å². The number of carbonyl (C=O) groups is 1. The Hall–Kier alpha value is -3.12. The number of piperidine rings is 1. The molecule has 29 heavy (non-hydrogen) atoms. The van der Waals surface area contributed by atoms with Crippen molar-refractivity contribution < 1.29 is 9.53 Å². The van der Waals surface area contributed by atoms with Crippen molar-refractivity contribution in [2.24, 2.45) is 5.92 Å². The molecule has 1 amide bonds. The second-order valence-electron chi connectivity index (χ2n) is 6.88. The topological polar surface area (TPSA) is 67.4 Å². The highest BCUT2D eigenvalue weighted by Crippen LogP contribution is 2.31. The highest BCUT2D eigenvalue weighted by atomic mass is 35.5. The van der Waals surface area contributed by atoms with Gasteiger partial charge in [-0.15, -0.1) is 0 Å². The lowest BCUT2D eigenvalue weighted by Crippen LogP contribution is -2.41. The number of benzene rings is 2. The van der Waals surface area contributed by atoms with Gasteiger partial charge in [0.15, 0.2) is 5.82 Å². The first-order valence-corrected chi connectivity index (χ1v) is 9.92. The first-order valence-electron chi connectivity index (χ1n) is 9.54. The quantitative estimate of drug-likeness (QED) is 0.658. The summed E-state index contributed by atoms with van der Waals surface area (Å²) in [4.78, 5) is 23.7. The average molecular weight is 409 g/mol. The van der Waals surface area contributed by atoms with Crippen LogP contribution in [0.5, 0.6) is 11.6 Å². The summed E-state index contributed by atoms with van der Waals surface area (Å²) in [5, 5.41) is 3.61. The molecule has 1 aromatic heterocycles. The van der Waals surface area contributed by atoms with Crippen LogP contribution in [-0.2, 0) is 4.79 Å². The molecule has 7 heteroatoms. The molecule has 4 rings (SSSR count). The lowest BCUT2D eigenvalue weighted by Gasteiger charge is -2.33. The molecule has 148 valence electrons. The number of anilines is 2. The van der Waals surface area contributed by atoms with Gasteiger partial charge in [0.2, 0.25) is 5.91 Å². The molecule has 0 spiro atoms. The number of aromatic nitrogens is 2. The molecule has 0 unspecified atom stereocenters. The number of nitrogens with one attached hydrogen (secondary N) is 1. The molecule has 1 aliphatic heterocycles. The predicted octanol–water partition coefficient (Wildman–Crippen LogP) is 4.78. The van der Waals surface area contributed by atoms with E-state index in [0.717, 1.165) is 25.1 Å². The van der Waals surface area contributed by atoms with E-state index in [1.165, 1.54) is 0 Å². The van der Waals surface area contributed by atoms with Gasteiger partial charge in [0, 0.05) is 36.2 Å². The maximum absolute atomic E-state index is 12.8. The van der Waals surface area contributed by atoms with Crippen molar-refractivity contribution in [3.63, 3.8) is 0 Å². The van der Waals surface area contributed by atoms with Crippen LogP contribution >= 0.6 is 11.6 Å². The maximum Gasteiger partial charge on any atom is 0.263 e. The van der Waals surface area contributed by atoms with Crippen LogP contribution in [0, 0.1) is 5.92 Å². The van der Waals surface area contributed by atoms with Crippen molar-refractivity contribution in [3.8, 4) is 11.6 Å². The number of halogens is 1. The number of carbonyl (C=O) groups excluding carboxylic acids is 1. The average Bonchev–Trinajstić information content (AvgIpc) is 2.76. The molecule has 0 aliphatic carbocycles. The van der Waals surface area contributed by atoms with Crippen molar-refractivity contribution in [1.29, 1.82) is 0 Å². The van der Waals surface area contributed by atoms with Crippen LogP contribution in [0.1, 0.15) is 12.8 Å². The summed E-state index contributed by atoms with van der Waals surface area (Å²) >= 11 is 5.91. The molecule has 3 aromatic rings. The summed E-state index contributed by atoms with van der Waals surface area (Å²) in [5.74, 6) is 1.64. The third kappa shape index (κ3) is 4.84. The monoisotopic (exact) mass is 408 g/mol. The Morgan fingerprint density at radius 3 is 2.62 bits per heavy atom. The number of rotatable bonds is 5. The molecule has 1 saturated heterocycles. The summed E-state index contributed by atoms with van der Waals surface area (Å²) in [6.07, 6.45) is 4.96. The Bertz CT molecular complexity index is 966. The van der Waals surface area contributed by atoms with Crippen LogP contribution in [0.4, 0.5) is 11.5 Å². The fraction of sp³-hybridized carbons (Fsp3) is 0.227. The summed E-state index contributed by atoms with van der Waals surface area (Å²) in [6, 6.07) is 16.6. The second kappa shape index (κ2) is 8.92. The molecular formula is C22H21ClN4O2. The van der Waals surface area contributed by atoms with Gasteiger partial charge in [-0.05, 0) is 49.2 Å². The van der Waals surface area contributed by atoms with E-state index in [0.29, 0.717) is 29.0 Å². The zero-order chi connectivity index (χ0) is 20.1. The zero-order valence-corrected chi connectivity index (χ0v) is 16.5. The number of para-hydroxylation sites is 1. The largest absolute Gasteiger partial charge is 0.436 e. The lowest BCUT2D eigenvalue weighted by atomic mass is 9.97. The van der Waals surface area contributed by atoms with Crippen LogP contribution < -0.4 is 15.0 Å². The molecular weight excluding hydrogens is 388 g/mol. The standard InChI is InChI=1S/C22H21ClN4O2/c23-17-8-10-18(11-9-17)26-21(28)16-5-4-14-27(15-16)20-22(25-13-12-24-20)29-19-6-2-1-3-7-19/h1-3,6-13,16H,4-5,14-15H2,(H,26,28)/t16-/m0/s1. The molecule has 6 nitrogen and oxygen atoms in total. The number of hydrogen-bond acceptors (Lipinski definition) is 5. The Balaban J connectivity index is 1.47. The molecule has 2 heterocycles. The second-order valence-corrected chi connectivity index (χ2v) is 7.32. The van der Waals surface area contributed by atoms with E-state index < -0.39 is 0 Å². The Labute approximate surface area is 174 Å². The number of ether oxygens (including phenoxy) is 1. The normalized spacial score (nSPS) is 16.3. The van der Waals surface area contributed by atoms with Crippen molar-refractivity contribution in [3.05, 3.63) is 72.0 Å². The van der Waals surface area contributed by atoms with Crippen molar-refractivity contribution in [2.45, 2.75) is 12.8 Å². The molecule has 2 aromatic carbocycles. The minimum Gasteiger partial charge on any atom is -0.436 e. The Kier molecular flexibility index (Phi) is 5.91. The summed E-state index contributed by atoms with van der Waals surface area (Å²) < 4.78 is 5.94. The fourth-order valence-corrected chi connectivity index (χ4v) is 3.49. The third-order valence-corrected chi connectivity index (χ3v) is 5.06. The highest BCUT2D eigenvalue weighted by molar-refractivity contribution is 6.30. The summed E-state index contributed by atoms with van der Waals surface area (Å²) in [6.45, 7) is 1.36. The molecule has 1 atom stereocenters. The predicted molar refractivity (Wildman–Crippen MR) is 114 cm³/mol. The SMILES string of the molecule is O=C(Nc1ccc(Cl)cc1)[C@H]1CCCN(c2nccnc2Oc2ccccc2)C1. The Morgan fingerprint density at radius 2 is 1.83 bits per heavy atom. The zero-order valence-electron chi connectivity index (χ0n) is 15.8. The molecule has 1 aliphatic rings. The first-order chi connectivity index (χ1) is 14.2. The summed E-state index contributed by atoms with van der Waals surface area (Å²) in [5.41, 5.74) is 0.740. The van der Waals surface area contributed by atoms with E-state index in [-0.39, 0.29) is 11.8 Å². The van der Waals surface area contributed by atoms with Crippen LogP contribution in [0.25, 0.3) is 0 Å². The van der Waals surface area contributed by atoms with Gasteiger partial charge in [-0.2, -0.15) is 0 Å². The number of nitrogens with zero attached hydrogens (tertiary/aromatic N) is 3. The molecule has 0 radical (unpaired) electrons. The summed E-state index contributed by atoms with van der Waals surface area (Å²) in [7, 11) is 0. The number of hydrogen-bond donors (Lipinski definition) is 1. The molecule has 0 saturated carbocycles. The van der Waals surface area contributed by atoms with Crippen LogP contribution in [0.2, 0.25) is 5.02 Å². The van der Waals surface area contributed by atoms with Crippen molar-refractivity contribution in [2.75, 3.05) is 23.3 Å². The maximum atomic E-state index is 12.8. The van der Waals surface area contributed by atoms with Crippen LogP contribution in [0.15, 0.2) is 67.0 Å². The van der Waals surface area contributed by atoms with Gasteiger partial charge >= 0.3 is 0 Å². The van der Waals surface area contributed by atoms with Gasteiger partial charge in [-0.1, -0.05) is 29.8 Å². The Morgan fingerprint density at radius 1 is 1.07 bits per heavy atom. The molecule has 0 bridgehead atoms. The van der Waals surface area contributed by atoms with Crippen LogP contribution in [-0.4, -0.2) is 29.0 Å². The van der Waals surface area contributed by atoms with E-state index >= 15 is 0 Å². The van der Waals surface area contributed by atoms with E-state index in [2.05, 4.69) is 20.2 Å². The minimum absolute atomic E-state index is 0.00793. The molecule has 1 fully saturated rings. The van der Waals surface area contributed by atoms with E-state index in [4.69, 9.17) is 16.3 Å². The lowest BCUT2D eigenvalue weighted by molar-refractivity contribution is -0.120. The van der Waals surface area contributed by atoms with Gasteiger partial charge < -0.3 is 15.0 Å². The van der Waals surface area contributed by atoms with Gasteiger partial charge in [-0.25, -0.2) is 9.97 Å². The van der Waals surface area contributed by atoms with Gasteiger partial charge in [0.1, 0.15) is 5.75 Å². The number of amides is 1. The van der Waals surface area contributed by atoms with E-state index in [1.807, 2.05) is 30.3 Å². The van der Waals surface area contributed by atoms with Gasteiger partial charge in [-0.3, -0.25) is 4.79 Å². The smallest absolute Gasteiger partial charge is 0.263 e. The third-order valence-electron chi connectivity index (χ3n) is 4.81. The van der Waals surface area contributed by atoms with E-state index in [9.17, 15) is 4.79 Å². The van der Waals surface area contributed by atoms with Crippen molar-refractivity contribution in [1.82, 2.24) is 9.97 Å². The fourth-order valence-electron chi connectivity index (χ4n) is 3.37. The molecule has 1 N–H and O–H groups in total. The van der Waals surface area contributed by atoms with E-state index in [1.54, 1.807) is 36.7 Å². The van der Waals surface area contributed by atoms with Crippen molar-refractivity contribution >= 4 is 29.0 Å². The highest BCUT2D eigenvalue weighted by Gasteiger charge is 2.28. The van der Waals surface area contributed by atoms with Gasteiger partial charge in [0.05, 0.1) is 5.92 Å². The van der Waals surface area contributed by atoms with Gasteiger partial charge in [0.25, 0.3) is 5.88 Å². The first kappa shape index (κ1) is 19.2.